The molecule has 1 unspecified atom stereocenters. The van der Waals surface area contributed by atoms with Crippen LogP contribution in [0.2, 0.25) is 0 Å². The number of nitrogens with zero attached hydrogens (tertiary/aromatic N) is 3. The average Bonchev–Trinajstić information content (AvgIpc) is 2.89. The molecule has 1 atom stereocenters. The Bertz CT molecular complexity index is 387. The number of aryl methyl sites for hydroxylation is 1. The molecule has 2 N–H and O–H groups in total. The minimum atomic E-state index is 0.556. The summed E-state index contributed by atoms with van der Waals surface area (Å²) in [7, 11) is 1.87. The van der Waals surface area contributed by atoms with E-state index in [1.807, 2.05) is 20.0 Å². The van der Waals surface area contributed by atoms with E-state index in [0.717, 1.165) is 24.0 Å². The normalized spacial score (nSPS) is 17.7. The van der Waals surface area contributed by atoms with Gasteiger partial charge >= 0.3 is 0 Å². The molecule has 18 heavy (non-hydrogen) atoms. The number of hydrogen-bond acceptors (Lipinski definition) is 5. The summed E-state index contributed by atoms with van der Waals surface area (Å²) in [5.41, 5.74) is 0. The molecular formula is C13H23N5. The predicted octanol–water partition coefficient (Wildman–Crippen LogP) is 1.72. The first-order valence-corrected chi connectivity index (χ1v) is 6.70. The highest BCUT2D eigenvalue weighted by molar-refractivity contribution is 5.47. The van der Waals surface area contributed by atoms with Crippen molar-refractivity contribution in [2.24, 2.45) is 0 Å². The lowest BCUT2D eigenvalue weighted by molar-refractivity contribution is 0.269. The fourth-order valence-corrected chi connectivity index (χ4v) is 2.35. The first kappa shape index (κ1) is 13.1. The Labute approximate surface area is 109 Å². The summed E-state index contributed by atoms with van der Waals surface area (Å²) < 4.78 is 0. The summed E-state index contributed by atoms with van der Waals surface area (Å²) in [5.74, 6) is 2.55. The van der Waals surface area contributed by atoms with E-state index in [-0.39, 0.29) is 0 Å². The van der Waals surface area contributed by atoms with Crippen LogP contribution in [0, 0.1) is 6.92 Å². The van der Waals surface area contributed by atoms with E-state index in [2.05, 4.69) is 32.4 Å². The van der Waals surface area contributed by atoms with Crippen molar-refractivity contribution in [2.45, 2.75) is 32.7 Å². The zero-order chi connectivity index (χ0) is 13.0. The minimum Gasteiger partial charge on any atom is -0.373 e. The van der Waals surface area contributed by atoms with Crippen LogP contribution in [0.1, 0.15) is 25.6 Å². The van der Waals surface area contributed by atoms with Gasteiger partial charge in [-0.05, 0) is 39.8 Å². The maximum Gasteiger partial charge on any atom is 0.131 e. The number of rotatable bonds is 5. The molecule has 0 amide bonds. The van der Waals surface area contributed by atoms with Gasteiger partial charge in [-0.1, -0.05) is 0 Å². The van der Waals surface area contributed by atoms with Gasteiger partial charge in [0.05, 0.1) is 0 Å². The van der Waals surface area contributed by atoms with E-state index >= 15 is 0 Å². The lowest BCUT2D eigenvalue weighted by Gasteiger charge is -2.24. The van der Waals surface area contributed by atoms with Gasteiger partial charge in [0, 0.05) is 25.7 Å². The first-order valence-electron chi connectivity index (χ1n) is 6.70. The summed E-state index contributed by atoms with van der Waals surface area (Å²) in [6, 6.07) is 2.50. The fraction of sp³-hybridized carbons (Fsp3) is 0.692. The molecule has 2 rings (SSSR count). The molecule has 0 spiro atoms. The van der Waals surface area contributed by atoms with Crippen LogP contribution in [0.25, 0.3) is 0 Å². The van der Waals surface area contributed by atoms with Crippen LogP contribution in [0.3, 0.4) is 0 Å². The molecule has 1 aliphatic heterocycles. The summed E-state index contributed by atoms with van der Waals surface area (Å²) in [5, 5.41) is 6.45. The van der Waals surface area contributed by atoms with Gasteiger partial charge in [-0.3, -0.25) is 4.90 Å². The third-order valence-electron chi connectivity index (χ3n) is 3.44. The summed E-state index contributed by atoms with van der Waals surface area (Å²) >= 11 is 0. The lowest BCUT2D eigenvalue weighted by atomic mass is 10.3. The maximum absolute atomic E-state index is 4.40. The van der Waals surface area contributed by atoms with Gasteiger partial charge in [0.2, 0.25) is 0 Å². The molecule has 1 aliphatic rings. The molecule has 0 saturated carbocycles. The van der Waals surface area contributed by atoms with Crippen LogP contribution in [0.4, 0.5) is 11.6 Å². The molecule has 0 bridgehead atoms. The van der Waals surface area contributed by atoms with Gasteiger partial charge in [0.15, 0.2) is 0 Å². The topological polar surface area (TPSA) is 53.1 Å². The van der Waals surface area contributed by atoms with Gasteiger partial charge in [-0.2, -0.15) is 0 Å². The van der Waals surface area contributed by atoms with Crippen molar-refractivity contribution in [3.63, 3.8) is 0 Å². The largest absolute Gasteiger partial charge is 0.373 e. The van der Waals surface area contributed by atoms with Gasteiger partial charge in [0.1, 0.15) is 17.5 Å². The van der Waals surface area contributed by atoms with Gasteiger partial charge < -0.3 is 10.6 Å². The molecule has 0 radical (unpaired) electrons. The van der Waals surface area contributed by atoms with E-state index in [1.54, 1.807) is 0 Å². The molecule has 1 aromatic heterocycles. The van der Waals surface area contributed by atoms with Gasteiger partial charge in [-0.25, -0.2) is 9.97 Å². The van der Waals surface area contributed by atoms with E-state index in [9.17, 15) is 0 Å². The quantitative estimate of drug-likeness (QED) is 0.832. The third-order valence-corrected chi connectivity index (χ3v) is 3.44. The highest BCUT2D eigenvalue weighted by atomic mass is 15.2. The van der Waals surface area contributed by atoms with Crippen molar-refractivity contribution in [1.29, 1.82) is 0 Å². The second kappa shape index (κ2) is 6.00. The Morgan fingerprint density at radius 2 is 1.94 bits per heavy atom. The molecular weight excluding hydrogens is 226 g/mol. The molecule has 0 aliphatic carbocycles. The number of hydrogen-bond donors (Lipinski definition) is 2. The standard InChI is InChI=1S/C13H23N5/c1-10(18-6-4-5-7-18)9-15-13-8-12(14-3)16-11(2)17-13/h8,10H,4-7,9H2,1-3H3,(H2,14,15,16,17). The van der Waals surface area contributed by atoms with Crippen molar-refractivity contribution >= 4 is 11.6 Å². The van der Waals surface area contributed by atoms with Crippen LogP contribution in [-0.2, 0) is 0 Å². The molecule has 1 saturated heterocycles. The van der Waals surface area contributed by atoms with Crippen LogP contribution in [0.15, 0.2) is 6.07 Å². The lowest BCUT2D eigenvalue weighted by Crippen LogP contribution is -2.35. The van der Waals surface area contributed by atoms with E-state index in [4.69, 9.17) is 0 Å². The summed E-state index contributed by atoms with van der Waals surface area (Å²) in [6.45, 7) is 7.57. The van der Waals surface area contributed by atoms with Crippen molar-refractivity contribution in [3.05, 3.63) is 11.9 Å². The Hall–Kier alpha value is -1.36. The van der Waals surface area contributed by atoms with Crippen molar-refractivity contribution in [2.75, 3.05) is 37.3 Å². The summed E-state index contributed by atoms with van der Waals surface area (Å²) in [4.78, 5) is 11.2. The van der Waals surface area contributed by atoms with E-state index in [0.29, 0.717) is 6.04 Å². The number of aromatic nitrogens is 2. The van der Waals surface area contributed by atoms with Crippen LogP contribution < -0.4 is 10.6 Å². The van der Waals surface area contributed by atoms with Crippen LogP contribution >= 0.6 is 0 Å². The minimum absolute atomic E-state index is 0.556. The highest BCUT2D eigenvalue weighted by Gasteiger charge is 2.17. The monoisotopic (exact) mass is 249 g/mol. The predicted molar refractivity (Wildman–Crippen MR) is 75.1 cm³/mol. The zero-order valence-corrected chi connectivity index (χ0v) is 11.5. The number of nitrogens with one attached hydrogen (secondary N) is 2. The highest BCUT2D eigenvalue weighted by Crippen LogP contribution is 2.14. The second-order valence-electron chi connectivity index (χ2n) is 4.91. The molecule has 0 aromatic carbocycles. The van der Waals surface area contributed by atoms with Crippen molar-refractivity contribution in [3.8, 4) is 0 Å². The Morgan fingerprint density at radius 3 is 2.61 bits per heavy atom. The van der Waals surface area contributed by atoms with Crippen molar-refractivity contribution in [1.82, 2.24) is 14.9 Å². The Balaban J connectivity index is 1.90. The van der Waals surface area contributed by atoms with Gasteiger partial charge in [0.25, 0.3) is 0 Å². The summed E-state index contributed by atoms with van der Waals surface area (Å²) in [6.07, 6.45) is 2.67. The third kappa shape index (κ3) is 3.32. The number of likely N-dealkylation sites (tertiary alicyclic amines) is 1. The maximum atomic E-state index is 4.40. The second-order valence-corrected chi connectivity index (χ2v) is 4.91. The molecule has 2 heterocycles. The average molecular weight is 249 g/mol. The van der Waals surface area contributed by atoms with E-state index in [1.165, 1.54) is 25.9 Å². The molecule has 5 heteroatoms. The SMILES string of the molecule is CNc1cc(NCC(C)N2CCCC2)nc(C)n1. The van der Waals surface area contributed by atoms with Crippen LogP contribution in [0.5, 0.6) is 0 Å². The van der Waals surface area contributed by atoms with E-state index < -0.39 is 0 Å². The number of anilines is 2. The molecule has 5 nitrogen and oxygen atoms in total. The fourth-order valence-electron chi connectivity index (χ4n) is 2.35. The molecule has 1 fully saturated rings. The zero-order valence-electron chi connectivity index (χ0n) is 11.5. The van der Waals surface area contributed by atoms with Crippen LogP contribution in [-0.4, -0.2) is 47.6 Å². The van der Waals surface area contributed by atoms with Gasteiger partial charge in [-0.15, -0.1) is 0 Å². The Kier molecular flexibility index (Phi) is 4.36. The van der Waals surface area contributed by atoms with Crippen molar-refractivity contribution < 1.29 is 0 Å². The Morgan fingerprint density at radius 1 is 1.28 bits per heavy atom. The first-order chi connectivity index (χ1) is 8.69. The smallest absolute Gasteiger partial charge is 0.131 e. The molecule has 1 aromatic rings. The molecule has 100 valence electrons.